The van der Waals surface area contributed by atoms with Gasteiger partial charge in [0.15, 0.2) is 0 Å². The van der Waals surface area contributed by atoms with Gasteiger partial charge in [-0.15, -0.1) is 0 Å². The molecule has 0 aliphatic carbocycles. The lowest BCUT2D eigenvalue weighted by Crippen LogP contribution is -2.30. The first-order valence-corrected chi connectivity index (χ1v) is 11.9. The van der Waals surface area contributed by atoms with Gasteiger partial charge >= 0.3 is 0 Å². The summed E-state index contributed by atoms with van der Waals surface area (Å²) < 4.78 is 11.1. The maximum atomic E-state index is 13.5. The minimum Gasteiger partial charge on any atom is -0.507 e. The van der Waals surface area contributed by atoms with Crippen molar-refractivity contribution < 1.29 is 24.2 Å². The van der Waals surface area contributed by atoms with Crippen molar-refractivity contribution >= 4 is 23.1 Å². The van der Waals surface area contributed by atoms with Crippen LogP contribution in [0.2, 0.25) is 0 Å². The normalized spacial score (nSPS) is 17.1. The van der Waals surface area contributed by atoms with Crippen LogP contribution < -0.4 is 14.4 Å². The van der Waals surface area contributed by atoms with Crippen LogP contribution in [-0.2, 0) is 9.59 Å². The number of carbonyl (C=O) groups excluding carboxylic acids is 2. The molecule has 1 unspecified atom stereocenters. The fraction of sp³-hybridized carbons (Fsp3) is 0.267. The van der Waals surface area contributed by atoms with Gasteiger partial charge in [-0.05, 0) is 93.3 Å². The number of benzene rings is 3. The number of ether oxygens (including phenoxy) is 2. The van der Waals surface area contributed by atoms with Crippen LogP contribution in [-0.4, -0.2) is 30.0 Å². The monoisotopic (exact) mass is 485 g/mol. The van der Waals surface area contributed by atoms with Crippen LogP contribution in [0, 0.1) is 20.8 Å². The molecule has 186 valence electrons. The number of aryl methyl sites for hydroxylation is 3. The van der Waals surface area contributed by atoms with Crippen LogP contribution in [0.5, 0.6) is 11.5 Å². The minimum atomic E-state index is -0.802. The minimum absolute atomic E-state index is 0.00103. The van der Waals surface area contributed by atoms with E-state index in [1.165, 1.54) is 4.90 Å². The molecule has 6 heteroatoms. The zero-order valence-electron chi connectivity index (χ0n) is 21.5. The average Bonchev–Trinajstić information content (AvgIpc) is 3.11. The second-order valence-corrected chi connectivity index (χ2v) is 9.38. The quantitative estimate of drug-likeness (QED) is 0.262. The van der Waals surface area contributed by atoms with Crippen molar-refractivity contribution in [3.63, 3.8) is 0 Å². The third-order valence-electron chi connectivity index (χ3n) is 6.31. The Balaban J connectivity index is 1.92. The summed E-state index contributed by atoms with van der Waals surface area (Å²) in [6.07, 6.45) is 0.00103. The van der Waals surface area contributed by atoms with Crippen molar-refractivity contribution in [2.24, 2.45) is 0 Å². The van der Waals surface area contributed by atoms with E-state index in [1.807, 2.05) is 65.0 Å². The number of anilines is 1. The Hall–Kier alpha value is -4.06. The molecule has 1 aliphatic heterocycles. The van der Waals surface area contributed by atoms with Crippen molar-refractivity contribution in [2.45, 2.75) is 46.8 Å². The van der Waals surface area contributed by atoms with E-state index >= 15 is 0 Å². The predicted molar refractivity (Wildman–Crippen MR) is 141 cm³/mol. The molecule has 1 atom stereocenters. The van der Waals surface area contributed by atoms with Crippen LogP contribution in [0.4, 0.5) is 5.69 Å². The zero-order chi connectivity index (χ0) is 26.1. The summed E-state index contributed by atoms with van der Waals surface area (Å²) in [5.74, 6) is -0.277. The first-order valence-electron chi connectivity index (χ1n) is 11.9. The highest BCUT2D eigenvalue weighted by molar-refractivity contribution is 6.51. The zero-order valence-corrected chi connectivity index (χ0v) is 21.5. The third kappa shape index (κ3) is 4.59. The molecule has 1 amide bonds. The van der Waals surface area contributed by atoms with Crippen LogP contribution in [0.15, 0.2) is 66.2 Å². The van der Waals surface area contributed by atoms with Gasteiger partial charge in [0.05, 0.1) is 24.8 Å². The lowest BCUT2D eigenvalue weighted by Gasteiger charge is -2.27. The molecule has 1 aliphatic rings. The third-order valence-corrected chi connectivity index (χ3v) is 6.31. The Morgan fingerprint density at radius 3 is 2.22 bits per heavy atom. The molecule has 4 rings (SSSR count). The highest BCUT2D eigenvalue weighted by Gasteiger charge is 2.47. The molecule has 0 bridgehead atoms. The molecular formula is C30H31NO5. The number of aliphatic hydroxyl groups is 1. The van der Waals surface area contributed by atoms with Gasteiger partial charge in [-0.1, -0.05) is 24.3 Å². The fourth-order valence-electron chi connectivity index (χ4n) is 4.50. The Morgan fingerprint density at radius 1 is 0.917 bits per heavy atom. The molecule has 0 radical (unpaired) electrons. The molecular weight excluding hydrogens is 454 g/mol. The molecule has 0 aromatic heterocycles. The first-order chi connectivity index (χ1) is 17.1. The van der Waals surface area contributed by atoms with Gasteiger partial charge in [0.25, 0.3) is 11.7 Å². The van der Waals surface area contributed by atoms with E-state index in [4.69, 9.17) is 9.47 Å². The number of carbonyl (C=O) groups is 2. The van der Waals surface area contributed by atoms with E-state index in [9.17, 15) is 14.7 Å². The number of methoxy groups -OCH3 is 1. The molecule has 1 heterocycles. The van der Waals surface area contributed by atoms with E-state index in [-0.39, 0.29) is 17.4 Å². The van der Waals surface area contributed by atoms with Gasteiger partial charge in [0, 0.05) is 11.3 Å². The Labute approximate surface area is 211 Å². The van der Waals surface area contributed by atoms with Gasteiger partial charge < -0.3 is 14.6 Å². The second kappa shape index (κ2) is 9.90. The predicted octanol–water partition coefficient (Wildman–Crippen LogP) is 6.03. The van der Waals surface area contributed by atoms with Crippen molar-refractivity contribution in [2.75, 3.05) is 12.0 Å². The standard InChI is InChI=1S/C30H31NO5/c1-17(2)36-25-14-11-22(16-20(25)5)28(32)26-27(21-9-12-23(35-6)13-10-21)31(30(34)29(26)33)24-15-18(3)7-8-19(24)4/h7-17,27,32H,1-6H3/b28-26-. The summed E-state index contributed by atoms with van der Waals surface area (Å²) in [6, 6.07) is 17.4. The SMILES string of the molecule is COc1ccc(C2/C(=C(/O)c3ccc(OC(C)C)c(C)c3)C(=O)C(=O)N2c2cc(C)ccc2C)cc1. The summed E-state index contributed by atoms with van der Waals surface area (Å²) in [5.41, 5.74) is 4.44. The van der Waals surface area contributed by atoms with Crippen molar-refractivity contribution in [3.8, 4) is 11.5 Å². The number of hydrogen-bond acceptors (Lipinski definition) is 5. The lowest BCUT2D eigenvalue weighted by molar-refractivity contribution is -0.132. The van der Waals surface area contributed by atoms with Crippen molar-refractivity contribution in [1.29, 1.82) is 0 Å². The largest absolute Gasteiger partial charge is 0.507 e. The van der Waals surface area contributed by atoms with Gasteiger partial charge in [0.1, 0.15) is 17.3 Å². The fourth-order valence-corrected chi connectivity index (χ4v) is 4.50. The van der Waals surface area contributed by atoms with Gasteiger partial charge in [-0.3, -0.25) is 14.5 Å². The van der Waals surface area contributed by atoms with Crippen molar-refractivity contribution in [3.05, 3.63) is 94.1 Å². The molecule has 1 fully saturated rings. The molecule has 3 aromatic rings. The molecule has 36 heavy (non-hydrogen) atoms. The highest BCUT2D eigenvalue weighted by atomic mass is 16.5. The maximum absolute atomic E-state index is 13.5. The summed E-state index contributed by atoms with van der Waals surface area (Å²) in [4.78, 5) is 28.4. The Morgan fingerprint density at radius 2 is 1.61 bits per heavy atom. The van der Waals surface area contributed by atoms with E-state index in [0.29, 0.717) is 28.3 Å². The van der Waals surface area contributed by atoms with E-state index in [2.05, 4.69) is 0 Å². The van der Waals surface area contributed by atoms with E-state index in [0.717, 1.165) is 16.7 Å². The summed E-state index contributed by atoms with van der Waals surface area (Å²) in [5, 5.41) is 11.4. The number of nitrogens with zero attached hydrogens (tertiary/aromatic N) is 1. The molecule has 0 saturated carbocycles. The molecule has 6 nitrogen and oxygen atoms in total. The van der Waals surface area contributed by atoms with E-state index in [1.54, 1.807) is 37.4 Å². The maximum Gasteiger partial charge on any atom is 0.300 e. The highest BCUT2D eigenvalue weighted by Crippen LogP contribution is 2.43. The summed E-state index contributed by atoms with van der Waals surface area (Å²) >= 11 is 0. The number of Topliss-reactive ketones (excluding diaryl/α,β-unsaturated/α-hetero) is 1. The number of ketones is 1. The molecule has 1 N–H and O–H groups in total. The van der Waals surface area contributed by atoms with Gasteiger partial charge in [-0.2, -0.15) is 0 Å². The number of amides is 1. The smallest absolute Gasteiger partial charge is 0.300 e. The second-order valence-electron chi connectivity index (χ2n) is 9.38. The van der Waals surface area contributed by atoms with Crippen LogP contribution in [0.25, 0.3) is 5.76 Å². The van der Waals surface area contributed by atoms with Crippen LogP contribution >= 0.6 is 0 Å². The first kappa shape index (κ1) is 25.0. The Bertz CT molecular complexity index is 1350. The summed E-state index contributed by atoms with van der Waals surface area (Å²) in [6.45, 7) is 9.60. The van der Waals surface area contributed by atoms with E-state index < -0.39 is 17.7 Å². The number of hydrogen-bond donors (Lipinski definition) is 1. The lowest BCUT2D eigenvalue weighted by atomic mass is 9.94. The van der Waals surface area contributed by atoms with Crippen LogP contribution in [0.3, 0.4) is 0 Å². The topological polar surface area (TPSA) is 76.1 Å². The molecule has 1 saturated heterocycles. The van der Waals surface area contributed by atoms with Gasteiger partial charge in [0.2, 0.25) is 0 Å². The average molecular weight is 486 g/mol. The van der Waals surface area contributed by atoms with Gasteiger partial charge in [-0.25, -0.2) is 0 Å². The molecule has 3 aromatic carbocycles. The summed E-state index contributed by atoms with van der Waals surface area (Å²) in [7, 11) is 1.58. The van der Waals surface area contributed by atoms with Crippen LogP contribution in [0.1, 0.15) is 47.7 Å². The number of aliphatic hydroxyl groups excluding tert-OH is 1. The Kier molecular flexibility index (Phi) is 6.88. The molecule has 0 spiro atoms. The number of rotatable bonds is 6. The van der Waals surface area contributed by atoms with Crippen molar-refractivity contribution in [1.82, 2.24) is 0 Å².